The molecule has 3 rings (SSSR count). The number of nitrogens with one attached hydrogen (secondary N) is 1. The Bertz CT molecular complexity index is 1070. The molecular weight excluding hydrogens is 463 g/mol. The van der Waals surface area contributed by atoms with Gasteiger partial charge in [-0.05, 0) is 64.0 Å². The number of hydrogen-bond donors (Lipinski definition) is 1. The van der Waals surface area contributed by atoms with Gasteiger partial charge in [0, 0.05) is 0 Å². The molecule has 0 atom stereocenters. The van der Waals surface area contributed by atoms with Gasteiger partial charge in [-0.3, -0.25) is 14.9 Å². The van der Waals surface area contributed by atoms with E-state index >= 15 is 0 Å². The molecular formula is C20H14BrFN2O6. The van der Waals surface area contributed by atoms with Crippen molar-refractivity contribution in [1.82, 2.24) is 5.32 Å². The van der Waals surface area contributed by atoms with Gasteiger partial charge in [0.2, 0.25) is 0 Å². The highest BCUT2D eigenvalue weighted by atomic mass is 79.9. The van der Waals surface area contributed by atoms with Gasteiger partial charge >= 0.3 is 12.0 Å². The molecule has 0 unspecified atom stereocenters. The summed E-state index contributed by atoms with van der Waals surface area (Å²) in [5, 5.41) is 2.09. The first-order valence-electron chi connectivity index (χ1n) is 8.46. The predicted octanol–water partition coefficient (Wildman–Crippen LogP) is 2.81. The molecule has 1 aliphatic heterocycles. The van der Waals surface area contributed by atoms with Gasteiger partial charge in [0.1, 0.15) is 17.1 Å². The van der Waals surface area contributed by atoms with Gasteiger partial charge in [0.05, 0.1) is 17.3 Å². The van der Waals surface area contributed by atoms with E-state index in [0.717, 1.165) is 17.0 Å². The second-order valence-electron chi connectivity index (χ2n) is 5.99. The molecule has 4 amide bonds. The number of carbonyl (C=O) groups excluding carboxylic acids is 4. The number of nitrogens with zero attached hydrogens (tertiary/aromatic N) is 1. The van der Waals surface area contributed by atoms with Crippen LogP contribution < -0.4 is 15.0 Å². The molecule has 2 aromatic carbocycles. The Morgan fingerprint density at radius 3 is 2.50 bits per heavy atom. The molecule has 1 saturated heterocycles. The minimum Gasteiger partial charge on any atom is -0.481 e. The molecule has 1 N–H and O–H groups in total. The zero-order valence-electron chi connectivity index (χ0n) is 15.5. The van der Waals surface area contributed by atoms with Crippen molar-refractivity contribution < 1.29 is 33.0 Å². The molecule has 2 aromatic rings. The third kappa shape index (κ3) is 4.54. The lowest BCUT2D eigenvalue weighted by molar-refractivity contribution is -0.143. The van der Waals surface area contributed by atoms with Crippen LogP contribution in [0.4, 0.5) is 14.9 Å². The maximum Gasteiger partial charge on any atom is 0.343 e. The fourth-order valence-electron chi connectivity index (χ4n) is 2.57. The van der Waals surface area contributed by atoms with E-state index in [1.807, 2.05) is 0 Å². The molecule has 0 saturated carbocycles. The lowest BCUT2D eigenvalue weighted by Gasteiger charge is -2.26. The highest BCUT2D eigenvalue weighted by molar-refractivity contribution is 9.10. The van der Waals surface area contributed by atoms with E-state index in [9.17, 15) is 23.6 Å². The Morgan fingerprint density at radius 2 is 1.87 bits per heavy atom. The van der Waals surface area contributed by atoms with Gasteiger partial charge < -0.3 is 9.47 Å². The summed E-state index contributed by atoms with van der Waals surface area (Å²) >= 11 is 3.29. The first-order valence-corrected chi connectivity index (χ1v) is 9.25. The molecule has 0 spiro atoms. The number of amides is 4. The largest absolute Gasteiger partial charge is 0.481 e. The normalized spacial score (nSPS) is 15.2. The highest BCUT2D eigenvalue weighted by Crippen LogP contribution is 2.28. The van der Waals surface area contributed by atoms with Crippen LogP contribution >= 0.6 is 15.9 Å². The molecule has 30 heavy (non-hydrogen) atoms. The van der Waals surface area contributed by atoms with E-state index in [0.29, 0.717) is 15.8 Å². The first-order chi connectivity index (χ1) is 14.3. The van der Waals surface area contributed by atoms with Crippen molar-refractivity contribution in [1.29, 1.82) is 0 Å². The van der Waals surface area contributed by atoms with Gasteiger partial charge in [-0.15, -0.1) is 0 Å². The van der Waals surface area contributed by atoms with E-state index in [2.05, 4.69) is 26.0 Å². The number of barbiturate groups is 1. The molecule has 8 nitrogen and oxygen atoms in total. The summed E-state index contributed by atoms with van der Waals surface area (Å²) in [6, 6.07) is 8.44. The van der Waals surface area contributed by atoms with Gasteiger partial charge in [-0.25, -0.2) is 18.9 Å². The lowest BCUT2D eigenvalue weighted by Crippen LogP contribution is -2.54. The van der Waals surface area contributed by atoms with Crippen LogP contribution in [0.5, 0.6) is 5.75 Å². The van der Waals surface area contributed by atoms with Crippen molar-refractivity contribution in [2.75, 3.05) is 18.6 Å². The minimum atomic E-state index is -0.929. The van der Waals surface area contributed by atoms with E-state index < -0.39 is 29.6 Å². The summed E-state index contributed by atoms with van der Waals surface area (Å²) in [4.78, 5) is 49.1. The minimum absolute atomic E-state index is 0.116. The van der Waals surface area contributed by atoms with E-state index in [4.69, 9.17) is 4.74 Å². The molecule has 0 bridgehead atoms. The molecule has 0 radical (unpaired) electrons. The summed E-state index contributed by atoms with van der Waals surface area (Å²) in [5.74, 6) is -2.44. The maximum absolute atomic E-state index is 13.2. The molecule has 1 heterocycles. The van der Waals surface area contributed by atoms with Crippen molar-refractivity contribution in [3.63, 3.8) is 0 Å². The molecule has 0 aliphatic carbocycles. The number of urea groups is 1. The monoisotopic (exact) mass is 476 g/mol. The van der Waals surface area contributed by atoms with Crippen molar-refractivity contribution in [2.24, 2.45) is 0 Å². The number of imide groups is 2. The number of anilines is 1. The molecule has 10 heteroatoms. The number of halogens is 2. The number of rotatable bonds is 5. The molecule has 1 aliphatic rings. The number of methoxy groups -OCH3 is 1. The maximum atomic E-state index is 13.2. The summed E-state index contributed by atoms with van der Waals surface area (Å²) in [6.07, 6.45) is 1.30. The lowest BCUT2D eigenvalue weighted by atomic mass is 10.1. The third-order valence-corrected chi connectivity index (χ3v) is 4.65. The Hall–Kier alpha value is -3.53. The number of carbonyl (C=O) groups is 4. The second-order valence-corrected chi connectivity index (χ2v) is 6.84. The number of benzene rings is 2. The summed E-state index contributed by atoms with van der Waals surface area (Å²) in [6.45, 7) is -0.287. The molecule has 1 fully saturated rings. The quantitative estimate of drug-likeness (QED) is 0.404. The van der Waals surface area contributed by atoms with Crippen LogP contribution in [0.1, 0.15) is 5.56 Å². The fraction of sp³-hybridized carbons (Fsp3) is 0.100. The molecule has 0 aromatic heterocycles. The Morgan fingerprint density at radius 1 is 1.17 bits per heavy atom. The Labute approximate surface area is 178 Å². The average Bonchev–Trinajstić information content (AvgIpc) is 2.71. The standard InChI is InChI=1S/C20H14BrFN2O6/c1-29-17(25)10-30-16-7-2-11(9-15(16)21)8-14-18(26)23-20(28)24(19(14)27)13-5-3-12(22)4-6-13/h2-9H,10H2,1H3,(H,23,26,28)/b14-8-. The van der Waals surface area contributed by atoms with Gasteiger partial charge in [-0.2, -0.15) is 0 Å². The zero-order chi connectivity index (χ0) is 21.8. The highest BCUT2D eigenvalue weighted by Gasteiger charge is 2.36. The summed E-state index contributed by atoms with van der Waals surface area (Å²) in [7, 11) is 1.24. The molecule has 154 valence electrons. The predicted molar refractivity (Wildman–Crippen MR) is 107 cm³/mol. The average molecular weight is 477 g/mol. The SMILES string of the molecule is COC(=O)COc1ccc(/C=C2/C(=O)NC(=O)N(c3ccc(F)cc3)C2=O)cc1Br. The van der Waals surface area contributed by atoms with Gasteiger partial charge in [-0.1, -0.05) is 6.07 Å². The number of esters is 1. The van der Waals surface area contributed by atoms with Crippen molar-refractivity contribution in [2.45, 2.75) is 0 Å². The van der Waals surface area contributed by atoms with Crippen molar-refractivity contribution in [3.05, 3.63) is 63.9 Å². The summed E-state index contributed by atoms with van der Waals surface area (Å²) < 4.78 is 23.4. The van der Waals surface area contributed by atoms with Crippen LogP contribution in [0, 0.1) is 5.82 Å². The fourth-order valence-corrected chi connectivity index (χ4v) is 3.08. The van der Waals surface area contributed by atoms with Crippen LogP contribution in [0.2, 0.25) is 0 Å². The van der Waals surface area contributed by atoms with Crippen molar-refractivity contribution in [3.8, 4) is 5.75 Å². The van der Waals surface area contributed by atoms with E-state index in [1.54, 1.807) is 12.1 Å². The second kappa shape index (κ2) is 8.87. The van der Waals surface area contributed by atoms with Crippen LogP contribution in [0.25, 0.3) is 6.08 Å². The Kier molecular flexibility index (Phi) is 6.26. The summed E-state index contributed by atoms with van der Waals surface area (Å²) in [5.41, 5.74) is 0.290. The van der Waals surface area contributed by atoms with Crippen molar-refractivity contribution >= 4 is 51.5 Å². The van der Waals surface area contributed by atoms with Crippen LogP contribution in [-0.4, -0.2) is 37.5 Å². The first kappa shape index (κ1) is 21.2. The third-order valence-electron chi connectivity index (χ3n) is 4.03. The van der Waals surface area contributed by atoms with E-state index in [1.165, 1.54) is 31.4 Å². The van der Waals surface area contributed by atoms with Gasteiger partial charge in [0.15, 0.2) is 6.61 Å². The van der Waals surface area contributed by atoms with Gasteiger partial charge in [0.25, 0.3) is 11.8 Å². The van der Waals surface area contributed by atoms with Crippen LogP contribution in [0.15, 0.2) is 52.5 Å². The number of ether oxygens (including phenoxy) is 2. The van der Waals surface area contributed by atoms with E-state index in [-0.39, 0.29) is 17.9 Å². The number of hydrogen-bond acceptors (Lipinski definition) is 6. The van der Waals surface area contributed by atoms with Crippen LogP contribution in [-0.2, 0) is 19.1 Å². The Balaban J connectivity index is 1.88. The van der Waals surface area contributed by atoms with Crippen LogP contribution in [0.3, 0.4) is 0 Å². The zero-order valence-corrected chi connectivity index (χ0v) is 17.1. The smallest absolute Gasteiger partial charge is 0.343 e. The topological polar surface area (TPSA) is 102 Å².